The number of rotatable bonds is 9. The number of anilines is 1. The molecule has 1 unspecified atom stereocenters. The first-order valence-electron chi connectivity index (χ1n) is 9.86. The zero-order valence-corrected chi connectivity index (χ0v) is 16.6. The van der Waals surface area contributed by atoms with Gasteiger partial charge in [-0.3, -0.25) is 4.90 Å². The quantitative estimate of drug-likeness (QED) is 0.744. The van der Waals surface area contributed by atoms with E-state index in [-0.39, 0.29) is 6.10 Å². The number of aliphatic hydroxyl groups excluding tert-OH is 1. The number of benzene rings is 1. The van der Waals surface area contributed by atoms with Gasteiger partial charge in [-0.2, -0.15) is 0 Å². The highest BCUT2D eigenvalue weighted by atomic mass is 16.3. The predicted octanol–water partition coefficient (Wildman–Crippen LogP) is 2.78. The Hall–Kier alpha value is -1.10. The van der Waals surface area contributed by atoms with Crippen molar-refractivity contribution < 1.29 is 5.11 Å². The van der Waals surface area contributed by atoms with Gasteiger partial charge < -0.3 is 14.9 Å². The van der Waals surface area contributed by atoms with Crippen LogP contribution in [0.25, 0.3) is 0 Å². The van der Waals surface area contributed by atoms with Gasteiger partial charge in [-0.25, -0.2) is 0 Å². The maximum atomic E-state index is 10.6. The average Bonchev–Trinajstić information content (AvgIpc) is 2.55. The summed E-state index contributed by atoms with van der Waals surface area (Å²) in [6.45, 7) is 16.9. The topological polar surface area (TPSA) is 30.0 Å². The number of para-hydroxylation sites is 1. The van der Waals surface area contributed by atoms with E-state index in [2.05, 4.69) is 72.7 Å². The van der Waals surface area contributed by atoms with E-state index in [0.29, 0.717) is 11.8 Å². The molecule has 1 atom stereocenters. The normalized spacial score (nSPS) is 17.7. The third-order valence-corrected chi connectivity index (χ3v) is 4.68. The van der Waals surface area contributed by atoms with Gasteiger partial charge in [0, 0.05) is 58.0 Å². The minimum absolute atomic E-state index is 0.263. The molecule has 4 nitrogen and oxygen atoms in total. The van der Waals surface area contributed by atoms with Crippen molar-refractivity contribution in [2.75, 3.05) is 57.3 Å². The second-order valence-electron chi connectivity index (χ2n) is 8.28. The third-order valence-electron chi connectivity index (χ3n) is 4.68. The Balaban J connectivity index is 1.76. The van der Waals surface area contributed by atoms with Crippen LogP contribution in [0, 0.1) is 11.8 Å². The molecular formula is C21H37N3O. The Morgan fingerprint density at radius 3 is 1.96 bits per heavy atom. The summed E-state index contributed by atoms with van der Waals surface area (Å²) >= 11 is 0. The SMILES string of the molecule is CC(C)CN(CC(C)C)CC(O)CN1CCN(c2ccccc2)CC1. The minimum Gasteiger partial charge on any atom is -0.390 e. The highest BCUT2D eigenvalue weighted by molar-refractivity contribution is 5.46. The van der Waals surface area contributed by atoms with Gasteiger partial charge in [0.15, 0.2) is 0 Å². The van der Waals surface area contributed by atoms with Gasteiger partial charge in [0.2, 0.25) is 0 Å². The van der Waals surface area contributed by atoms with Crippen LogP contribution >= 0.6 is 0 Å². The number of β-amino-alcohol motifs (C(OH)–C–C–N with tert-alkyl or cyclic N) is 1. The van der Waals surface area contributed by atoms with E-state index in [4.69, 9.17) is 0 Å². The molecule has 1 saturated heterocycles. The molecule has 142 valence electrons. The molecule has 0 aromatic heterocycles. The van der Waals surface area contributed by atoms with E-state index in [1.165, 1.54) is 5.69 Å². The molecule has 1 heterocycles. The molecule has 1 aliphatic heterocycles. The molecule has 4 heteroatoms. The number of hydrogen-bond donors (Lipinski definition) is 1. The minimum atomic E-state index is -0.263. The Morgan fingerprint density at radius 1 is 0.880 bits per heavy atom. The van der Waals surface area contributed by atoms with Crippen LogP contribution in [0.4, 0.5) is 5.69 Å². The molecular weight excluding hydrogens is 310 g/mol. The van der Waals surface area contributed by atoms with Crippen molar-refractivity contribution in [1.29, 1.82) is 0 Å². The fourth-order valence-corrected chi connectivity index (χ4v) is 3.74. The number of aliphatic hydroxyl groups is 1. The van der Waals surface area contributed by atoms with Crippen LogP contribution in [0.2, 0.25) is 0 Å². The molecule has 1 fully saturated rings. The summed E-state index contributed by atoms with van der Waals surface area (Å²) in [6, 6.07) is 10.6. The lowest BCUT2D eigenvalue weighted by molar-refractivity contribution is 0.0636. The van der Waals surface area contributed by atoms with Crippen molar-refractivity contribution in [3.63, 3.8) is 0 Å². The molecule has 1 aromatic rings. The zero-order chi connectivity index (χ0) is 18.2. The third kappa shape index (κ3) is 7.35. The van der Waals surface area contributed by atoms with Gasteiger partial charge in [-0.1, -0.05) is 45.9 Å². The van der Waals surface area contributed by atoms with Crippen LogP contribution in [0.1, 0.15) is 27.7 Å². The van der Waals surface area contributed by atoms with E-state index >= 15 is 0 Å². The maximum Gasteiger partial charge on any atom is 0.0793 e. The average molecular weight is 348 g/mol. The van der Waals surface area contributed by atoms with Crippen LogP contribution in [0.5, 0.6) is 0 Å². The van der Waals surface area contributed by atoms with Gasteiger partial charge in [0.05, 0.1) is 6.10 Å². The summed E-state index contributed by atoms with van der Waals surface area (Å²) in [5.41, 5.74) is 1.31. The van der Waals surface area contributed by atoms with E-state index in [1.807, 2.05) is 0 Å². The van der Waals surface area contributed by atoms with Crippen LogP contribution in [-0.2, 0) is 0 Å². The van der Waals surface area contributed by atoms with Crippen molar-refractivity contribution in [1.82, 2.24) is 9.80 Å². The fraction of sp³-hybridized carbons (Fsp3) is 0.714. The van der Waals surface area contributed by atoms with Crippen molar-refractivity contribution in [2.24, 2.45) is 11.8 Å². The molecule has 1 aromatic carbocycles. The lowest BCUT2D eigenvalue weighted by Gasteiger charge is -2.37. The Kier molecular flexibility index (Phi) is 8.20. The first-order valence-corrected chi connectivity index (χ1v) is 9.86. The highest BCUT2D eigenvalue weighted by Gasteiger charge is 2.21. The van der Waals surface area contributed by atoms with Crippen LogP contribution in [0.3, 0.4) is 0 Å². The summed E-state index contributed by atoms with van der Waals surface area (Å²) in [6.07, 6.45) is -0.263. The van der Waals surface area contributed by atoms with Crippen molar-refractivity contribution in [2.45, 2.75) is 33.8 Å². The summed E-state index contributed by atoms with van der Waals surface area (Å²) in [7, 11) is 0. The molecule has 0 aliphatic carbocycles. The lowest BCUT2D eigenvalue weighted by atomic mass is 10.1. The monoisotopic (exact) mass is 347 g/mol. The van der Waals surface area contributed by atoms with Gasteiger partial charge in [0.25, 0.3) is 0 Å². The van der Waals surface area contributed by atoms with Gasteiger partial charge in [0.1, 0.15) is 0 Å². The van der Waals surface area contributed by atoms with Crippen LogP contribution in [-0.4, -0.2) is 73.4 Å². The highest BCUT2D eigenvalue weighted by Crippen LogP contribution is 2.15. The van der Waals surface area contributed by atoms with Crippen molar-refractivity contribution in [3.8, 4) is 0 Å². The van der Waals surface area contributed by atoms with Crippen molar-refractivity contribution >= 4 is 5.69 Å². The Labute approximate surface area is 154 Å². The summed E-state index contributed by atoms with van der Waals surface area (Å²) in [5.74, 6) is 1.28. The fourth-order valence-electron chi connectivity index (χ4n) is 3.74. The predicted molar refractivity (Wildman–Crippen MR) is 107 cm³/mol. The van der Waals surface area contributed by atoms with Gasteiger partial charge >= 0.3 is 0 Å². The molecule has 0 spiro atoms. The first kappa shape index (κ1) is 20.2. The van der Waals surface area contributed by atoms with Crippen LogP contribution in [0.15, 0.2) is 30.3 Å². The standard InChI is InChI=1S/C21H37N3O/c1-18(2)14-23(15-19(3)4)17-21(25)16-22-10-12-24(13-11-22)20-8-6-5-7-9-20/h5-9,18-19,21,25H,10-17H2,1-4H3. The molecule has 0 amide bonds. The second-order valence-corrected chi connectivity index (χ2v) is 8.28. The largest absolute Gasteiger partial charge is 0.390 e. The zero-order valence-electron chi connectivity index (χ0n) is 16.6. The van der Waals surface area contributed by atoms with E-state index < -0.39 is 0 Å². The van der Waals surface area contributed by atoms with Crippen molar-refractivity contribution in [3.05, 3.63) is 30.3 Å². The number of nitrogens with zero attached hydrogens (tertiary/aromatic N) is 3. The molecule has 0 saturated carbocycles. The van der Waals surface area contributed by atoms with E-state index in [9.17, 15) is 5.11 Å². The van der Waals surface area contributed by atoms with Gasteiger partial charge in [-0.05, 0) is 24.0 Å². The Morgan fingerprint density at radius 2 is 1.44 bits per heavy atom. The summed E-state index contributed by atoms with van der Waals surface area (Å²) in [4.78, 5) is 7.28. The molecule has 0 radical (unpaired) electrons. The van der Waals surface area contributed by atoms with Crippen LogP contribution < -0.4 is 4.90 Å². The molecule has 1 aliphatic rings. The number of hydrogen-bond acceptors (Lipinski definition) is 4. The molecule has 25 heavy (non-hydrogen) atoms. The molecule has 2 rings (SSSR count). The molecule has 0 bridgehead atoms. The second kappa shape index (κ2) is 10.1. The van der Waals surface area contributed by atoms with E-state index in [0.717, 1.165) is 52.4 Å². The first-order chi connectivity index (χ1) is 11.9. The van der Waals surface area contributed by atoms with E-state index in [1.54, 1.807) is 0 Å². The summed E-state index contributed by atoms with van der Waals surface area (Å²) < 4.78 is 0. The smallest absolute Gasteiger partial charge is 0.0793 e. The Bertz CT molecular complexity index is 459. The summed E-state index contributed by atoms with van der Waals surface area (Å²) in [5, 5.41) is 10.6. The maximum absolute atomic E-state index is 10.6. The lowest BCUT2D eigenvalue weighted by Crippen LogP contribution is -2.50. The molecule has 1 N–H and O–H groups in total. The number of piperazine rings is 1. The van der Waals surface area contributed by atoms with Gasteiger partial charge in [-0.15, -0.1) is 0 Å².